The molecule has 0 unspecified atom stereocenters. The first-order valence-corrected chi connectivity index (χ1v) is 9.88. The van der Waals surface area contributed by atoms with Crippen molar-refractivity contribution in [1.82, 2.24) is 0 Å². The third-order valence-electron chi connectivity index (χ3n) is 4.91. The highest BCUT2D eigenvalue weighted by atomic mass is 16.5. The third kappa shape index (κ3) is 5.57. The molecule has 0 saturated heterocycles. The van der Waals surface area contributed by atoms with Crippen LogP contribution < -0.4 is 9.80 Å². The fourth-order valence-corrected chi connectivity index (χ4v) is 3.27. The van der Waals surface area contributed by atoms with E-state index in [4.69, 9.17) is 4.74 Å². The number of methoxy groups -OCH3 is 1. The van der Waals surface area contributed by atoms with Crippen molar-refractivity contribution in [3.63, 3.8) is 0 Å². The largest absolute Gasteiger partial charge is 0.385 e. The summed E-state index contributed by atoms with van der Waals surface area (Å²) < 4.78 is 5.14. The maximum absolute atomic E-state index is 12.8. The van der Waals surface area contributed by atoms with E-state index in [1.54, 1.807) is 7.11 Å². The summed E-state index contributed by atoms with van der Waals surface area (Å²) in [6.45, 7) is 11.0. The van der Waals surface area contributed by atoms with Crippen molar-refractivity contribution in [2.75, 3.05) is 49.7 Å². The van der Waals surface area contributed by atoms with E-state index in [2.05, 4.69) is 30.6 Å². The lowest BCUT2D eigenvalue weighted by atomic mass is 10.0. The van der Waals surface area contributed by atoms with Crippen molar-refractivity contribution in [1.29, 1.82) is 0 Å². The normalized spacial score (nSPS) is 10.7. The molecule has 0 N–H and O–H groups in total. The zero-order valence-electron chi connectivity index (χ0n) is 17.1. The van der Waals surface area contributed by atoms with Gasteiger partial charge in [0, 0.05) is 62.4 Å². The number of anilines is 2. The quantitative estimate of drug-likeness (QED) is 0.428. The Morgan fingerprint density at radius 3 is 1.63 bits per heavy atom. The van der Waals surface area contributed by atoms with E-state index in [9.17, 15) is 4.79 Å². The Kier molecular flexibility index (Phi) is 8.34. The van der Waals surface area contributed by atoms with Crippen LogP contribution in [0.25, 0.3) is 0 Å². The number of hydrogen-bond acceptors (Lipinski definition) is 4. The van der Waals surface area contributed by atoms with E-state index in [-0.39, 0.29) is 5.78 Å². The van der Waals surface area contributed by atoms with Gasteiger partial charge in [0.2, 0.25) is 0 Å². The summed E-state index contributed by atoms with van der Waals surface area (Å²) in [4.78, 5) is 17.4. The third-order valence-corrected chi connectivity index (χ3v) is 4.91. The van der Waals surface area contributed by atoms with Crippen LogP contribution in [0.1, 0.15) is 43.1 Å². The Morgan fingerprint density at radius 2 is 1.22 bits per heavy atom. The Morgan fingerprint density at radius 1 is 0.778 bits per heavy atom. The van der Waals surface area contributed by atoms with Crippen LogP contribution in [0, 0.1) is 0 Å². The summed E-state index contributed by atoms with van der Waals surface area (Å²) in [6, 6.07) is 15.8. The van der Waals surface area contributed by atoms with E-state index in [0.29, 0.717) is 0 Å². The molecule has 0 fully saturated rings. The van der Waals surface area contributed by atoms with E-state index >= 15 is 0 Å². The summed E-state index contributed by atoms with van der Waals surface area (Å²) in [6.07, 6.45) is 0.990. The second kappa shape index (κ2) is 10.7. The number of benzene rings is 2. The van der Waals surface area contributed by atoms with Crippen molar-refractivity contribution in [2.45, 2.75) is 27.2 Å². The molecule has 4 nitrogen and oxygen atoms in total. The number of carbonyl (C=O) groups excluding carboxylic acids is 1. The number of ketones is 1. The maximum atomic E-state index is 12.8. The highest BCUT2D eigenvalue weighted by molar-refractivity contribution is 6.09. The predicted molar refractivity (Wildman–Crippen MR) is 114 cm³/mol. The summed E-state index contributed by atoms with van der Waals surface area (Å²) >= 11 is 0. The number of rotatable bonds is 11. The molecular weight excluding hydrogens is 336 g/mol. The number of nitrogens with zero attached hydrogens (tertiary/aromatic N) is 2. The van der Waals surface area contributed by atoms with Gasteiger partial charge in [0.15, 0.2) is 5.78 Å². The minimum Gasteiger partial charge on any atom is -0.385 e. The van der Waals surface area contributed by atoms with Crippen LogP contribution in [0.3, 0.4) is 0 Å². The summed E-state index contributed by atoms with van der Waals surface area (Å²) in [5, 5.41) is 0. The predicted octanol–water partition coefficient (Wildman–Crippen LogP) is 4.63. The van der Waals surface area contributed by atoms with Gasteiger partial charge in [0.25, 0.3) is 0 Å². The molecule has 0 aliphatic carbocycles. The molecule has 0 aliphatic rings. The zero-order valence-corrected chi connectivity index (χ0v) is 17.1. The molecule has 0 spiro atoms. The van der Waals surface area contributed by atoms with Gasteiger partial charge in [-0.1, -0.05) is 0 Å². The van der Waals surface area contributed by atoms with Crippen LogP contribution in [-0.4, -0.2) is 45.7 Å². The highest BCUT2D eigenvalue weighted by Gasteiger charge is 2.11. The Balaban J connectivity index is 2.08. The molecule has 0 heterocycles. The van der Waals surface area contributed by atoms with Crippen LogP contribution in [0.15, 0.2) is 48.5 Å². The van der Waals surface area contributed by atoms with Crippen molar-refractivity contribution < 1.29 is 9.53 Å². The van der Waals surface area contributed by atoms with Gasteiger partial charge in [-0.2, -0.15) is 0 Å². The average molecular weight is 369 g/mol. The molecule has 146 valence electrons. The van der Waals surface area contributed by atoms with Gasteiger partial charge in [-0.05, 0) is 75.7 Å². The second-order valence-electron chi connectivity index (χ2n) is 6.52. The van der Waals surface area contributed by atoms with Crippen LogP contribution in [0.5, 0.6) is 0 Å². The van der Waals surface area contributed by atoms with Crippen molar-refractivity contribution in [2.24, 2.45) is 0 Å². The Labute approximate surface area is 163 Å². The van der Waals surface area contributed by atoms with Crippen LogP contribution >= 0.6 is 0 Å². The number of ether oxygens (including phenoxy) is 1. The van der Waals surface area contributed by atoms with Crippen molar-refractivity contribution in [3.8, 4) is 0 Å². The van der Waals surface area contributed by atoms with Crippen LogP contribution in [-0.2, 0) is 4.74 Å². The lowest BCUT2D eigenvalue weighted by Gasteiger charge is -2.23. The minimum atomic E-state index is 0.0649. The fourth-order valence-electron chi connectivity index (χ4n) is 3.27. The number of hydrogen-bond donors (Lipinski definition) is 0. The van der Waals surface area contributed by atoms with Gasteiger partial charge >= 0.3 is 0 Å². The standard InChI is InChI=1S/C23H32N2O2/c1-5-24(6-2)21-13-9-19(10-14-21)23(26)20-11-15-22(16-12-20)25(7-3)17-8-18-27-4/h9-16H,5-8,17-18H2,1-4H3. The molecule has 4 heteroatoms. The van der Waals surface area contributed by atoms with Crippen LogP contribution in [0.2, 0.25) is 0 Å². The summed E-state index contributed by atoms with van der Waals surface area (Å²) in [5.74, 6) is 0.0649. The van der Waals surface area contributed by atoms with Gasteiger partial charge in [-0.25, -0.2) is 0 Å². The smallest absolute Gasteiger partial charge is 0.193 e. The first-order chi connectivity index (χ1) is 13.1. The average Bonchev–Trinajstić information content (AvgIpc) is 2.72. The molecule has 27 heavy (non-hydrogen) atoms. The first-order valence-electron chi connectivity index (χ1n) is 9.88. The molecule has 0 radical (unpaired) electrons. The highest BCUT2D eigenvalue weighted by Crippen LogP contribution is 2.20. The van der Waals surface area contributed by atoms with Gasteiger partial charge < -0.3 is 14.5 Å². The topological polar surface area (TPSA) is 32.8 Å². The van der Waals surface area contributed by atoms with Crippen LogP contribution in [0.4, 0.5) is 11.4 Å². The molecule has 0 atom stereocenters. The Bertz CT molecular complexity index is 691. The van der Waals surface area contributed by atoms with Gasteiger partial charge in [-0.3, -0.25) is 4.79 Å². The van der Waals surface area contributed by atoms with Crippen molar-refractivity contribution in [3.05, 3.63) is 59.7 Å². The van der Waals surface area contributed by atoms with Gasteiger partial charge in [-0.15, -0.1) is 0 Å². The van der Waals surface area contributed by atoms with E-state index in [1.165, 1.54) is 0 Å². The molecule has 0 bridgehead atoms. The maximum Gasteiger partial charge on any atom is 0.193 e. The summed E-state index contributed by atoms with van der Waals surface area (Å²) in [5.41, 5.74) is 3.75. The SMILES string of the molecule is CCN(CC)c1ccc(C(=O)c2ccc(N(CC)CCCOC)cc2)cc1. The zero-order chi connectivity index (χ0) is 19.6. The minimum absolute atomic E-state index is 0.0649. The Hall–Kier alpha value is -2.33. The first kappa shape index (κ1) is 21.0. The van der Waals surface area contributed by atoms with Gasteiger partial charge in [0.05, 0.1) is 0 Å². The monoisotopic (exact) mass is 368 g/mol. The van der Waals surface area contributed by atoms with E-state index < -0.39 is 0 Å². The molecule has 0 amide bonds. The summed E-state index contributed by atoms with van der Waals surface area (Å²) in [7, 11) is 1.73. The molecule has 2 aromatic carbocycles. The van der Waals surface area contributed by atoms with E-state index in [0.717, 1.165) is 61.7 Å². The lowest BCUT2D eigenvalue weighted by molar-refractivity contribution is 0.103. The molecular formula is C23H32N2O2. The van der Waals surface area contributed by atoms with Crippen molar-refractivity contribution >= 4 is 17.2 Å². The molecule has 2 rings (SSSR count). The molecule has 0 saturated carbocycles. The van der Waals surface area contributed by atoms with E-state index in [1.807, 2.05) is 48.5 Å². The molecule has 2 aromatic rings. The molecule has 0 aliphatic heterocycles. The fraction of sp³-hybridized carbons (Fsp3) is 0.435. The van der Waals surface area contributed by atoms with Gasteiger partial charge in [0.1, 0.15) is 0 Å². The lowest BCUT2D eigenvalue weighted by Crippen LogP contribution is -2.24. The molecule has 0 aromatic heterocycles. The second-order valence-corrected chi connectivity index (χ2v) is 6.52. The number of carbonyl (C=O) groups is 1.